The Morgan fingerprint density at radius 3 is 1.93 bits per heavy atom. The smallest absolute Gasteiger partial charge is 0.228 e. The van der Waals surface area contributed by atoms with Crippen molar-refractivity contribution >= 4 is 5.91 Å². The summed E-state index contributed by atoms with van der Waals surface area (Å²) < 4.78 is 5.25. The van der Waals surface area contributed by atoms with Crippen LogP contribution in [0.4, 0.5) is 0 Å². The van der Waals surface area contributed by atoms with Crippen LogP contribution >= 0.6 is 0 Å². The first-order chi connectivity index (χ1) is 14.6. The third-order valence-corrected chi connectivity index (χ3v) is 6.12. The summed E-state index contributed by atoms with van der Waals surface area (Å²) in [6, 6.07) is 27.8. The van der Waals surface area contributed by atoms with Gasteiger partial charge in [-0.2, -0.15) is 0 Å². The zero-order valence-electron chi connectivity index (χ0n) is 17.3. The SMILES string of the molecule is COc1ccc([C@H]2C(C[C@@H](O)C(c3ccccc3)c3ccccc3)C(=O)N2C)cc1. The number of hydrogen-bond acceptors (Lipinski definition) is 3. The molecule has 0 spiro atoms. The summed E-state index contributed by atoms with van der Waals surface area (Å²) in [4.78, 5) is 14.5. The van der Waals surface area contributed by atoms with Crippen LogP contribution in [0, 0.1) is 5.92 Å². The zero-order valence-corrected chi connectivity index (χ0v) is 17.3. The molecule has 1 N–H and O–H groups in total. The summed E-state index contributed by atoms with van der Waals surface area (Å²) in [5, 5.41) is 11.3. The predicted octanol–water partition coefficient (Wildman–Crippen LogP) is 4.41. The van der Waals surface area contributed by atoms with Crippen molar-refractivity contribution in [1.82, 2.24) is 4.90 Å². The highest BCUT2D eigenvalue weighted by atomic mass is 16.5. The first kappa shape index (κ1) is 20.2. The van der Waals surface area contributed by atoms with Gasteiger partial charge >= 0.3 is 0 Å². The molecular weight excluding hydrogens is 374 g/mol. The van der Waals surface area contributed by atoms with E-state index in [-0.39, 0.29) is 23.8 Å². The minimum atomic E-state index is -0.668. The molecule has 1 amide bonds. The van der Waals surface area contributed by atoms with Gasteiger partial charge in [0.2, 0.25) is 5.91 Å². The van der Waals surface area contributed by atoms with E-state index in [2.05, 4.69) is 0 Å². The molecule has 1 fully saturated rings. The fourth-order valence-electron chi connectivity index (χ4n) is 4.56. The Morgan fingerprint density at radius 1 is 0.900 bits per heavy atom. The van der Waals surface area contributed by atoms with Gasteiger partial charge < -0.3 is 14.7 Å². The number of aliphatic hydroxyl groups excluding tert-OH is 1. The lowest BCUT2D eigenvalue weighted by Crippen LogP contribution is -2.53. The van der Waals surface area contributed by atoms with Crippen LogP contribution in [0.1, 0.15) is 35.1 Å². The number of nitrogens with zero attached hydrogens (tertiary/aromatic N) is 1. The van der Waals surface area contributed by atoms with Gasteiger partial charge in [-0.25, -0.2) is 0 Å². The van der Waals surface area contributed by atoms with Gasteiger partial charge in [0.05, 0.1) is 25.2 Å². The lowest BCUT2D eigenvalue weighted by Gasteiger charge is -2.46. The topological polar surface area (TPSA) is 49.8 Å². The second-order valence-electron chi connectivity index (χ2n) is 7.88. The Balaban J connectivity index is 1.59. The third-order valence-electron chi connectivity index (χ3n) is 6.12. The Bertz CT molecular complexity index is 933. The van der Waals surface area contributed by atoms with Gasteiger partial charge in [0.15, 0.2) is 0 Å². The maximum Gasteiger partial charge on any atom is 0.228 e. The summed E-state index contributed by atoms with van der Waals surface area (Å²) in [6.45, 7) is 0. The number of methoxy groups -OCH3 is 1. The first-order valence-corrected chi connectivity index (χ1v) is 10.3. The maximum absolute atomic E-state index is 12.7. The Labute approximate surface area is 177 Å². The van der Waals surface area contributed by atoms with Crippen LogP contribution in [0.25, 0.3) is 0 Å². The number of carbonyl (C=O) groups is 1. The van der Waals surface area contributed by atoms with Gasteiger partial charge in [-0.15, -0.1) is 0 Å². The van der Waals surface area contributed by atoms with Gasteiger partial charge in [0.1, 0.15) is 5.75 Å². The summed E-state index contributed by atoms with van der Waals surface area (Å²) in [7, 11) is 3.46. The van der Waals surface area contributed by atoms with E-state index in [1.165, 1.54) is 0 Å². The van der Waals surface area contributed by atoms with E-state index in [4.69, 9.17) is 4.74 Å². The Morgan fingerprint density at radius 2 is 1.43 bits per heavy atom. The molecule has 3 atom stereocenters. The van der Waals surface area contributed by atoms with Crippen molar-refractivity contribution in [3.05, 3.63) is 102 Å². The standard InChI is InChI=1S/C26H27NO3/c1-27-25(20-13-15-21(30-2)16-14-20)22(26(27)29)17-23(28)24(18-9-5-3-6-10-18)19-11-7-4-8-12-19/h3-16,22-25,28H,17H2,1-2H3/t22?,23-,25+/m1/s1. The monoisotopic (exact) mass is 401 g/mol. The highest BCUT2D eigenvalue weighted by Gasteiger charge is 2.47. The zero-order chi connectivity index (χ0) is 21.1. The van der Waals surface area contributed by atoms with Crippen molar-refractivity contribution in [2.45, 2.75) is 24.5 Å². The largest absolute Gasteiger partial charge is 0.497 e. The number of likely N-dealkylation sites (tertiary alicyclic amines) is 1. The van der Waals surface area contributed by atoms with E-state index in [0.29, 0.717) is 6.42 Å². The molecule has 4 heteroatoms. The molecular formula is C26H27NO3. The normalized spacial score (nSPS) is 19.5. The summed E-state index contributed by atoms with van der Waals surface area (Å²) in [5.74, 6) is 0.447. The predicted molar refractivity (Wildman–Crippen MR) is 117 cm³/mol. The van der Waals surface area contributed by atoms with E-state index >= 15 is 0 Å². The van der Waals surface area contributed by atoms with Gasteiger partial charge in [-0.3, -0.25) is 4.79 Å². The highest BCUT2D eigenvalue weighted by Crippen LogP contribution is 2.43. The number of rotatable bonds is 7. The molecule has 1 saturated heterocycles. The Kier molecular flexibility index (Phi) is 5.86. The minimum Gasteiger partial charge on any atom is -0.497 e. The minimum absolute atomic E-state index is 0.0368. The molecule has 1 aliphatic rings. The molecule has 0 bridgehead atoms. The van der Waals surface area contributed by atoms with Crippen LogP contribution in [-0.2, 0) is 4.79 Å². The average molecular weight is 402 g/mol. The number of amides is 1. The van der Waals surface area contributed by atoms with Gasteiger partial charge in [-0.05, 0) is 35.2 Å². The molecule has 1 heterocycles. The van der Waals surface area contributed by atoms with Crippen LogP contribution in [0.15, 0.2) is 84.9 Å². The fraction of sp³-hybridized carbons (Fsp3) is 0.269. The molecule has 1 aliphatic heterocycles. The number of β-lactam (4-membered cyclic amide) rings is 1. The quantitative estimate of drug-likeness (QED) is 0.597. The van der Waals surface area contributed by atoms with Crippen molar-refractivity contribution in [3.8, 4) is 5.75 Å². The van der Waals surface area contributed by atoms with Crippen molar-refractivity contribution < 1.29 is 14.6 Å². The lowest BCUT2D eigenvalue weighted by molar-refractivity contribution is -0.156. The summed E-state index contributed by atoms with van der Waals surface area (Å²) in [6.07, 6.45) is -0.257. The van der Waals surface area contributed by atoms with Crippen molar-refractivity contribution in [1.29, 1.82) is 0 Å². The van der Waals surface area contributed by atoms with Gasteiger partial charge in [0.25, 0.3) is 0 Å². The molecule has 154 valence electrons. The average Bonchev–Trinajstić information content (AvgIpc) is 2.80. The number of benzene rings is 3. The van der Waals surface area contributed by atoms with E-state index in [1.807, 2.05) is 92.0 Å². The molecule has 4 rings (SSSR count). The second kappa shape index (κ2) is 8.72. The van der Waals surface area contributed by atoms with Crippen LogP contribution in [0.3, 0.4) is 0 Å². The maximum atomic E-state index is 12.7. The molecule has 3 aromatic carbocycles. The Hall–Kier alpha value is -3.11. The number of ether oxygens (including phenoxy) is 1. The van der Waals surface area contributed by atoms with E-state index in [0.717, 1.165) is 22.4 Å². The van der Waals surface area contributed by atoms with E-state index in [9.17, 15) is 9.90 Å². The van der Waals surface area contributed by atoms with Crippen molar-refractivity contribution in [2.24, 2.45) is 5.92 Å². The van der Waals surface area contributed by atoms with Crippen LogP contribution in [-0.4, -0.2) is 36.2 Å². The molecule has 3 aromatic rings. The molecule has 0 saturated carbocycles. The summed E-state index contributed by atoms with van der Waals surface area (Å²) >= 11 is 0. The first-order valence-electron chi connectivity index (χ1n) is 10.3. The molecule has 30 heavy (non-hydrogen) atoms. The third kappa shape index (κ3) is 3.83. The molecule has 4 nitrogen and oxygen atoms in total. The molecule has 0 aliphatic carbocycles. The second-order valence-corrected chi connectivity index (χ2v) is 7.88. The van der Waals surface area contributed by atoms with Crippen molar-refractivity contribution in [2.75, 3.05) is 14.2 Å². The van der Waals surface area contributed by atoms with E-state index in [1.54, 1.807) is 12.0 Å². The van der Waals surface area contributed by atoms with E-state index < -0.39 is 6.10 Å². The van der Waals surface area contributed by atoms with Crippen molar-refractivity contribution in [3.63, 3.8) is 0 Å². The number of aliphatic hydroxyl groups is 1. The van der Waals surface area contributed by atoms with Gasteiger partial charge in [-0.1, -0.05) is 72.8 Å². The number of hydrogen-bond donors (Lipinski definition) is 1. The number of carbonyl (C=O) groups excluding carboxylic acids is 1. The lowest BCUT2D eigenvalue weighted by atomic mass is 9.75. The van der Waals surface area contributed by atoms with Gasteiger partial charge in [0, 0.05) is 13.0 Å². The highest BCUT2D eigenvalue weighted by molar-refractivity contribution is 5.86. The van der Waals surface area contributed by atoms with Crippen LogP contribution in [0.5, 0.6) is 5.75 Å². The molecule has 0 aromatic heterocycles. The van der Waals surface area contributed by atoms with Crippen LogP contribution in [0.2, 0.25) is 0 Å². The van der Waals surface area contributed by atoms with Crippen LogP contribution < -0.4 is 4.74 Å². The fourth-order valence-corrected chi connectivity index (χ4v) is 4.56. The molecule has 1 unspecified atom stereocenters. The summed E-state index contributed by atoms with van der Waals surface area (Å²) in [5.41, 5.74) is 3.17. The molecule has 0 radical (unpaired) electrons.